The fourth-order valence-electron chi connectivity index (χ4n) is 1.89. The Morgan fingerprint density at radius 1 is 1.57 bits per heavy atom. The predicted molar refractivity (Wildman–Crippen MR) is 53.2 cm³/mol. The Bertz CT molecular complexity index is 211. The number of ether oxygens (including phenoxy) is 1. The van der Waals surface area contributed by atoms with Crippen LogP contribution in [-0.2, 0) is 9.53 Å². The number of carboxylic acid groups (broad SMARTS) is 1. The molecule has 0 saturated carbocycles. The smallest absolute Gasteiger partial charge is 0.315 e. The van der Waals surface area contributed by atoms with Gasteiger partial charge in [0.1, 0.15) is 5.41 Å². The number of carboxylic acids is 1. The van der Waals surface area contributed by atoms with Gasteiger partial charge in [-0.3, -0.25) is 4.79 Å². The minimum absolute atomic E-state index is 0.00810. The van der Waals surface area contributed by atoms with E-state index in [-0.39, 0.29) is 6.04 Å². The van der Waals surface area contributed by atoms with Gasteiger partial charge in [0, 0.05) is 6.04 Å². The lowest BCUT2D eigenvalue weighted by atomic mass is 9.75. The molecule has 1 unspecified atom stereocenters. The van der Waals surface area contributed by atoms with E-state index in [0.717, 1.165) is 6.42 Å². The van der Waals surface area contributed by atoms with Crippen LogP contribution in [0.25, 0.3) is 0 Å². The summed E-state index contributed by atoms with van der Waals surface area (Å²) in [5.74, 6) is -0.256. The van der Waals surface area contributed by atoms with Crippen molar-refractivity contribution in [1.82, 2.24) is 5.32 Å². The van der Waals surface area contributed by atoms with Gasteiger partial charge in [-0.1, -0.05) is 13.8 Å². The van der Waals surface area contributed by atoms with Crippen LogP contribution in [0.4, 0.5) is 0 Å². The molecule has 0 aliphatic carbocycles. The van der Waals surface area contributed by atoms with Crippen molar-refractivity contribution in [1.29, 1.82) is 0 Å². The Kier molecular flexibility index (Phi) is 3.50. The first-order valence-corrected chi connectivity index (χ1v) is 5.01. The molecule has 1 aliphatic rings. The minimum Gasteiger partial charge on any atom is -0.481 e. The fourth-order valence-corrected chi connectivity index (χ4v) is 1.89. The molecular formula is C10H19NO3. The molecule has 1 heterocycles. The van der Waals surface area contributed by atoms with Gasteiger partial charge in [-0.05, 0) is 19.4 Å². The van der Waals surface area contributed by atoms with Crippen LogP contribution >= 0.6 is 0 Å². The highest BCUT2D eigenvalue weighted by molar-refractivity contribution is 5.77. The van der Waals surface area contributed by atoms with Gasteiger partial charge in [-0.2, -0.15) is 0 Å². The molecule has 0 spiro atoms. The molecule has 0 aromatic carbocycles. The van der Waals surface area contributed by atoms with Crippen LogP contribution in [0.2, 0.25) is 0 Å². The monoisotopic (exact) mass is 201 g/mol. The number of nitrogens with one attached hydrogen (secondary N) is 1. The molecule has 0 amide bonds. The first kappa shape index (κ1) is 11.5. The lowest BCUT2D eigenvalue weighted by Crippen LogP contribution is -2.61. The van der Waals surface area contributed by atoms with Gasteiger partial charge in [-0.15, -0.1) is 0 Å². The number of hydrogen-bond acceptors (Lipinski definition) is 3. The summed E-state index contributed by atoms with van der Waals surface area (Å²) in [6, 6.07) is 0.00810. The summed E-state index contributed by atoms with van der Waals surface area (Å²) < 4.78 is 5.04. The molecule has 0 aromatic rings. The van der Waals surface area contributed by atoms with E-state index in [2.05, 4.69) is 19.2 Å². The zero-order valence-electron chi connectivity index (χ0n) is 9.04. The highest BCUT2D eigenvalue weighted by atomic mass is 16.5. The Hall–Kier alpha value is -0.610. The third-order valence-corrected chi connectivity index (χ3v) is 2.87. The molecule has 1 aliphatic heterocycles. The Labute approximate surface area is 84.6 Å². The lowest BCUT2D eigenvalue weighted by molar-refractivity contribution is -0.186. The summed E-state index contributed by atoms with van der Waals surface area (Å²) in [6.45, 7) is 4.86. The third kappa shape index (κ3) is 1.91. The zero-order chi connectivity index (χ0) is 10.8. The lowest BCUT2D eigenvalue weighted by Gasteiger charge is -2.44. The second-order valence-electron chi connectivity index (χ2n) is 4.42. The molecule has 82 valence electrons. The Morgan fingerprint density at radius 3 is 2.36 bits per heavy atom. The quantitative estimate of drug-likeness (QED) is 0.688. The van der Waals surface area contributed by atoms with Crippen LogP contribution in [0.3, 0.4) is 0 Å². The van der Waals surface area contributed by atoms with Crippen molar-refractivity contribution >= 4 is 5.97 Å². The summed E-state index contributed by atoms with van der Waals surface area (Å²) in [6.07, 6.45) is 0.867. The van der Waals surface area contributed by atoms with Crippen LogP contribution in [0.1, 0.15) is 20.3 Å². The topological polar surface area (TPSA) is 58.6 Å². The van der Waals surface area contributed by atoms with E-state index in [1.54, 1.807) is 0 Å². The van der Waals surface area contributed by atoms with Crippen molar-refractivity contribution in [2.45, 2.75) is 26.3 Å². The molecule has 1 atom stereocenters. The molecule has 1 fully saturated rings. The van der Waals surface area contributed by atoms with E-state index in [9.17, 15) is 9.90 Å². The summed E-state index contributed by atoms with van der Waals surface area (Å²) in [7, 11) is 1.82. The van der Waals surface area contributed by atoms with Crippen LogP contribution in [0, 0.1) is 11.3 Å². The van der Waals surface area contributed by atoms with Gasteiger partial charge in [0.2, 0.25) is 0 Å². The SMILES string of the molecule is CNC(CC(C)C)C1(C(=O)O)COC1. The molecule has 1 saturated heterocycles. The van der Waals surface area contributed by atoms with Crippen LogP contribution < -0.4 is 5.32 Å². The number of rotatable bonds is 5. The van der Waals surface area contributed by atoms with Crippen molar-refractivity contribution in [3.05, 3.63) is 0 Å². The zero-order valence-corrected chi connectivity index (χ0v) is 9.04. The van der Waals surface area contributed by atoms with Crippen molar-refractivity contribution in [3.63, 3.8) is 0 Å². The van der Waals surface area contributed by atoms with Crippen molar-refractivity contribution in [2.24, 2.45) is 11.3 Å². The first-order chi connectivity index (χ1) is 6.53. The van der Waals surface area contributed by atoms with Gasteiger partial charge in [0.25, 0.3) is 0 Å². The molecule has 0 aromatic heterocycles. The van der Waals surface area contributed by atoms with E-state index in [1.165, 1.54) is 0 Å². The summed E-state index contributed by atoms with van der Waals surface area (Å²) in [5.41, 5.74) is -0.695. The van der Waals surface area contributed by atoms with Crippen LogP contribution in [-0.4, -0.2) is 37.4 Å². The van der Waals surface area contributed by atoms with Crippen molar-refractivity contribution in [2.75, 3.05) is 20.3 Å². The number of hydrogen-bond donors (Lipinski definition) is 2. The highest BCUT2D eigenvalue weighted by Gasteiger charge is 2.51. The average molecular weight is 201 g/mol. The number of aliphatic carboxylic acids is 1. The molecule has 0 radical (unpaired) electrons. The first-order valence-electron chi connectivity index (χ1n) is 5.01. The second kappa shape index (κ2) is 4.28. The van der Waals surface area contributed by atoms with E-state index >= 15 is 0 Å². The largest absolute Gasteiger partial charge is 0.481 e. The normalized spacial score (nSPS) is 21.7. The van der Waals surface area contributed by atoms with Gasteiger partial charge < -0.3 is 15.2 Å². The van der Waals surface area contributed by atoms with Crippen LogP contribution in [0.15, 0.2) is 0 Å². The summed E-state index contributed by atoms with van der Waals surface area (Å²) >= 11 is 0. The minimum atomic E-state index is -0.747. The van der Waals surface area contributed by atoms with Gasteiger partial charge in [0.05, 0.1) is 13.2 Å². The average Bonchev–Trinajstić information content (AvgIpc) is 1.98. The Balaban J connectivity index is 2.70. The van der Waals surface area contributed by atoms with E-state index in [0.29, 0.717) is 19.1 Å². The van der Waals surface area contributed by atoms with Crippen LogP contribution in [0.5, 0.6) is 0 Å². The maximum absolute atomic E-state index is 11.2. The molecule has 2 N–H and O–H groups in total. The molecule has 1 rings (SSSR count). The van der Waals surface area contributed by atoms with Gasteiger partial charge in [-0.25, -0.2) is 0 Å². The molecule has 4 nitrogen and oxygen atoms in total. The maximum Gasteiger partial charge on any atom is 0.315 e. The predicted octanol–water partition coefficient (Wildman–Crippen LogP) is 0.722. The number of carbonyl (C=O) groups is 1. The summed E-state index contributed by atoms with van der Waals surface area (Å²) in [5, 5.41) is 12.3. The maximum atomic E-state index is 11.2. The van der Waals surface area contributed by atoms with Crippen molar-refractivity contribution < 1.29 is 14.6 Å². The standard InChI is InChI=1S/C10H19NO3/c1-7(2)4-8(11-3)10(9(12)13)5-14-6-10/h7-8,11H,4-6H2,1-3H3,(H,12,13). The Morgan fingerprint density at radius 2 is 2.14 bits per heavy atom. The van der Waals surface area contributed by atoms with E-state index < -0.39 is 11.4 Å². The summed E-state index contributed by atoms with van der Waals surface area (Å²) in [4.78, 5) is 11.2. The molecule has 14 heavy (non-hydrogen) atoms. The second-order valence-corrected chi connectivity index (χ2v) is 4.42. The van der Waals surface area contributed by atoms with E-state index in [1.807, 2.05) is 7.05 Å². The van der Waals surface area contributed by atoms with E-state index in [4.69, 9.17) is 4.74 Å². The fraction of sp³-hybridized carbons (Fsp3) is 0.900. The van der Waals surface area contributed by atoms with Gasteiger partial charge in [0.15, 0.2) is 0 Å². The highest BCUT2D eigenvalue weighted by Crippen LogP contribution is 2.34. The third-order valence-electron chi connectivity index (χ3n) is 2.87. The molecular weight excluding hydrogens is 182 g/mol. The molecule has 4 heteroatoms. The van der Waals surface area contributed by atoms with Crippen molar-refractivity contribution in [3.8, 4) is 0 Å². The molecule has 0 bridgehead atoms. The van der Waals surface area contributed by atoms with Gasteiger partial charge >= 0.3 is 5.97 Å².